The topological polar surface area (TPSA) is 95.6 Å². The summed E-state index contributed by atoms with van der Waals surface area (Å²) in [6, 6.07) is 6.88. The fourth-order valence-electron chi connectivity index (χ4n) is 2.27. The lowest BCUT2D eigenvalue weighted by Gasteiger charge is -2.20. The Hall–Kier alpha value is -2.64. The van der Waals surface area contributed by atoms with Crippen LogP contribution in [0.2, 0.25) is 0 Å². The molecule has 0 bridgehead atoms. The van der Waals surface area contributed by atoms with Crippen LogP contribution in [0.25, 0.3) is 0 Å². The zero-order valence-electron chi connectivity index (χ0n) is 14.6. The summed E-state index contributed by atoms with van der Waals surface area (Å²) in [5.74, 6) is 0.0819. The van der Waals surface area contributed by atoms with E-state index in [0.29, 0.717) is 29.3 Å². The molecule has 2 rings (SSSR count). The molecule has 1 aromatic carbocycles. The molecule has 0 saturated heterocycles. The minimum absolute atomic E-state index is 0.198. The minimum atomic E-state index is -0.565. The van der Waals surface area contributed by atoms with E-state index in [1.165, 1.54) is 0 Å². The van der Waals surface area contributed by atoms with Crippen molar-refractivity contribution in [2.45, 2.75) is 32.8 Å². The van der Waals surface area contributed by atoms with Crippen LogP contribution in [0.1, 0.15) is 27.2 Å². The van der Waals surface area contributed by atoms with Crippen molar-refractivity contribution in [2.75, 3.05) is 6.61 Å². The quantitative estimate of drug-likeness (QED) is 0.248. The molecule has 134 valence electrons. The van der Waals surface area contributed by atoms with Crippen LogP contribution in [0.4, 0.5) is 11.4 Å². The van der Waals surface area contributed by atoms with Crippen molar-refractivity contribution >= 4 is 23.1 Å². The summed E-state index contributed by atoms with van der Waals surface area (Å²) in [4.78, 5) is 11.7. The maximum atomic E-state index is 11.7. The molecule has 0 amide bonds. The number of allylic oxidation sites excluding steroid dienone is 4. The van der Waals surface area contributed by atoms with Crippen molar-refractivity contribution in [2.24, 2.45) is 0 Å². The van der Waals surface area contributed by atoms with E-state index in [1.54, 1.807) is 63.3 Å². The molecule has 0 aliphatic heterocycles. The Labute approximate surface area is 146 Å². The van der Waals surface area contributed by atoms with E-state index in [4.69, 9.17) is 9.47 Å². The number of carbonyl (C=O) groups excluding carboxylic acids is 1. The fraction of sp³-hybridized carbons (Fsp3) is 0.333. The summed E-state index contributed by atoms with van der Waals surface area (Å²) >= 11 is 0. The van der Waals surface area contributed by atoms with Crippen LogP contribution >= 0.6 is 0 Å². The van der Waals surface area contributed by atoms with Gasteiger partial charge in [0.15, 0.2) is 6.61 Å². The zero-order valence-corrected chi connectivity index (χ0v) is 14.6. The number of quaternary nitrogens is 1. The fourth-order valence-corrected chi connectivity index (χ4v) is 2.27. The molecule has 1 aliphatic rings. The molecule has 0 saturated carbocycles. The lowest BCUT2D eigenvalue weighted by molar-refractivity contribution is -0.830. The van der Waals surface area contributed by atoms with Gasteiger partial charge in [-0.3, -0.25) is 5.21 Å². The third-order valence-corrected chi connectivity index (χ3v) is 3.30. The van der Waals surface area contributed by atoms with Gasteiger partial charge in [0.05, 0.1) is 6.42 Å². The van der Waals surface area contributed by atoms with Crippen molar-refractivity contribution < 1.29 is 34.9 Å². The Morgan fingerprint density at radius 3 is 2.72 bits per heavy atom. The molecule has 0 spiro atoms. The average molecular weight is 348 g/mol. The van der Waals surface area contributed by atoms with Crippen molar-refractivity contribution in [3.8, 4) is 0 Å². The second kappa shape index (κ2) is 7.96. The molecule has 7 heteroatoms. The molecule has 0 radical (unpaired) electrons. The Balaban J connectivity index is 2.06. The van der Waals surface area contributed by atoms with Crippen LogP contribution in [0.15, 0.2) is 48.3 Å². The molecule has 1 aliphatic carbocycles. The number of para-hydroxylation sites is 2. The number of hydrogen-bond donors (Lipinski definition) is 3. The summed E-state index contributed by atoms with van der Waals surface area (Å²) in [5, 5.41) is 19.7. The van der Waals surface area contributed by atoms with Crippen molar-refractivity contribution in [3.63, 3.8) is 0 Å². The molecule has 1 aromatic rings. The summed E-state index contributed by atoms with van der Waals surface area (Å²) in [6.07, 6.45) is 5.48. The first-order chi connectivity index (χ1) is 11.8. The summed E-state index contributed by atoms with van der Waals surface area (Å²) < 4.78 is 11.7. The molecule has 0 fully saturated rings. The highest BCUT2D eigenvalue weighted by Crippen LogP contribution is 2.21. The maximum absolute atomic E-state index is 11.7. The van der Waals surface area contributed by atoms with Crippen LogP contribution in [0.5, 0.6) is 0 Å². The monoisotopic (exact) mass is 348 g/mol. The first-order valence-corrected chi connectivity index (χ1v) is 7.93. The number of esters is 1. The Kier molecular flexibility index (Phi) is 5.95. The predicted molar refractivity (Wildman–Crippen MR) is 90.2 cm³/mol. The van der Waals surface area contributed by atoms with E-state index in [9.17, 15) is 15.2 Å². The van der Waals surface area contributed by atoms with Gasteiger partial charge in [0.1, 0.15) is 11.4 Å². The SMILES string of the molecule is CC(C)(C)OC(=O)COC1=CC=C/C(=[N+](\O)c2ccccc2[NH2+]O)C1. The number of benzene rings is 1. The smallest absolute Gasteiger partial charge is 0.344 e. The van der Waals surface area contributed by atoms with E-state index < -0.39 is 11.6 Å². The van der Waals surface area contributed by atoms with Crippen molar-refractivity contribution in [3.05, 3.63) is 48.3 Å². The molecule has 0 aromatic heterocycles. The van der Waals surface area contributed by atoms with Gasteiger partial charge in [-0.05, 0) is 26.8 Å². The van der Waals surface area contributed by atoms with Gasteiger partial charge in [-0.1, -0.05) is 18.2 Å². The molecule has 25 heavy (non-hydrogen) atoms. The highest BCUT2D eigenvalue weighted by atomic mass is 16.6. The maximum Gasteiger partial charge on any atom is 0.344 e. The van der Waals surface area contributed by atoms with E-state index >= 15 is 0 Å². The zero-order chi connectivity index (χ0) is 18.4. The van der Waals surface area contributed by atoms with Crippen LogP contribution < -0.4 is 5.48 Å². The van der Waals surface area contributed by atoms with E-state index in [-0.39, 0.29) is 6.61 Å². The molecule has 0 unspecified atom stereocenters. The molecular formula is C18H24N2O5+2. The number of hydrogen-bond acceptors (Lipinski definition) is 5. The summed E-state index contributed by atoms with van der Waals surface area (Å²) in [6.45, 7) is 5.17. The average Bonchev–Trinajstić information content (AvgIpc) is 2.58. The second-order valence-corrected chi connectivity index (χ2v) is 6.54. The third kappa shape index (κ3) is 5.44. The van der Waals surface area contributed by atoms with Gasteiger partial charge in [-0.15, -0.1) is 0 Å². The summed E-state index contributed by atoms with van der Waals surface area (Å²) in [5.41, 5.74) is 1.84. The van der Waals surface area contributed by atoms with Gasteiger partial charge in [0.2, 0.25) is 11.4 Å². The molecule has 7 nitrogen and oxygen atoms in total. The Morgan fingerprint density at radius 2 is 2.04 bits per heavy atom. The second-order valence-electron chi connectivity index (χ2n) is 6.54. The normalized spacial score (nSPS) is 16.2. The van der Waals surface area contributed by atoms with Gasteiger partial charge in [0, 0.05) is 22.9 Å². The number of nitrogens with zero attached hydrogens (tertiary/aromatic N) is 1. The predicted octanol–water partition coefficient (Wildman–Crippen LogP) is 1.95. The van der Waals surface area contributed by atoms with Gasteiger partial charge in [0.25, 0.3) is 0 Å². The number of rotatable bonds is 5. The van der Waals surface area contributed by atoms with Crippen LogP contribution in [0, 0.1) is 0 Å². The van der Waals surface area contributed by atoms with Gasteiger partial charge in [-0.2, -0.15) is 5.48 Å². The van der Waals surface area contributed by atoms with E-state index in [2.05, 4.69) is 0 Å². The molecule has 0 atom stereocenters. The standard InChI is InChI=1S/C18H23N2O5/c1-18(2,3)25-17(21)12-24-14-8-6-7-13(11-14)20(23)16-10-5-4-9-15(16)19-22/h4-10,19,22-23H,11-12H2,1-3H3/q+1/p+1/b20-13+. The van der Waals surface area contributed by atoms with Crippen LogP contribution in [-0.4, -0.2) is 39.0 Å². The Bertz CT molecular complexity index is 729. The lowest BCUT2D eigenvalue weighted by Crippen LogP contribution is -2.73. The number of carbonyl (C=O) groups is 1. The van der Waals surface area contributed by atoms with Gasteiger partial charge < -0.3 is 9.47 Å². The highest BCUT2D eigenvalue weighted by molar-refractivity contribution is 5.94. The van der Waals surface area contributed by atoms with Crippen LogP contribution in [-0.2, 0) is 14.3 Å². The van der Waals surface area contributed by atoms with Crippen LogP contribution in [0.3, 0.4) is 0 Å². The summed E-state index contributed by atoms with van der Waals surface area (Å²) in [7, 11) is 0. The third-order valence-electron chi connectivity index (χ3n) is 3.30. The first kappa shape index (κ1) is 18.7. The first-order valence-electron chi connectivity index (χ1n) is 7.93. The highest BCUT2D eigenvalue weighted by Gasteiger charge is 2.25. The Morgan fingerprint density at radius 1 is 1.32 bits per heavy atom. The minimum Gasteiger partial charge on any atom is -0.486 e. The number of ether oxygens (including phenoxy) is 2. The van der Waals surface area contributed by atoms with Gasteiger partial charge >= 0.3 is 11.7 Å². The molecular weight excluding hydrogens is 324 g/mol. The molecule has 0 heterocycles. The van der Waals surface area contributed by atoms with Crippen molar-refractivity contribution in [1.82, 2.24) is 0 Å². The van der Waals surface area contributed by atoms with E-state index in [0.717, 1.165) is 10.2 Å². The van der Waals surface area contributed by atoms with E-state index in [1.807, 2.05) is 0 Å². The van der Waals surface area contributed by atoms with Crippen molar-refractivity contribution in [1.29, 1.82) is 0 Å². The number of nitrogens with two attached hydrogens (primary N) is 1. The lowest BCUT2D eigenvalue weighted by atomic mass is 10.1. The van der Waals surface area contributed by atoms with Gasteiger partial charge in [-0.25, -0.2) is 10.0 Å². The largest absolute Gasteiger partial charge is 0.486 e. The molecule has 4 N–H and O–H groups in total.